The minimum atomic E-state index is -1.02. The molecule has 1 aliphatic carbocycles. The highest BCUT2D eigenvalue weighted by molar-refractivity contribution is 5.88. The number of aryl methyl sites for hydroxylation is 1. The second kappa shape index (κ2) is 7.66. The molecule has 2 heterocycles. The maximum absolute atomic E-state index is 12.8. The molecule has 7 nitrogen and oxygen atoms in total. The number of hydrogen-bond acceptors (Lipinski definition) is 4. The largest absolute Gasteiger partial charge is 0.496 e. The number of carbonyl (C=O) groups is 2. The van der Waals surface area contributed by atoms with E-state index in [0.717, 1.165) is 23.6 Å². The van der Waals surface area contributed by atoms with E-state index in [4.69, 9.17) is 4.74 Å². The Morgan fingerprint density at radius 2 is 2.07 bits per heavy atom. The Morgan fingerprint density at radius 1 is 1.29 bits per heavy atom. The third kappa shape index (κ3) is 3.74. The number of para-hydroxylation sites is 1. The molecule has 0 bridgehead atoms. The molecule has 28 heavy (non-hydrogen) atoms. The summed E-state index contributed by atoms with van der Waals surface area (Å²) in [5.74, 6) is 0.411. The van der Waals surface area contributed by atoms with Crippen LogP contribution in [0.15, 0.2) is 24.3 Å². The lowest BCUT2D eigenvalue weighted by molar-refractivity contribution is -0.132. The van der Waals surface area contributed by atoms with Crippen LogP contribution in [0.5, 0.6) is 5.75 Å². The molecule has 0 unspecified atom stereocenters. The molecule has 1 aromatic heterocycles. The van der Waals surface area contributed by atoms with Gasteiger partial charge in [0, 0.05) is 43.7 Å². The zero-order valence-electron chi connectivity index (χ0n) is 16.1. The number of ether oxygens (including phenoxy) is 1. The van der Waals surface area contributed by atoms with Gasteiger partial charge in [0.25, 0.3) is 0 Å². The van der Waals surface area contributed by atoms with Gasteiger partial charge in [-0.15, -0.1) is 0 Å². The standard InChI is InChI=1S/C21H25N3O4/c1-28-18-5-3-2-4-15(18)8-9-19(25)23-11-10-17-16(13-23)20(21(26)27)22-24(17)12-14-6-7-14/h2-5,14H,6-13H2,1H3,(H,26,27). The Balaban J connectivity index is 1.46. The molecule has 1 aromatic carbocycles. The van der Waals surface area contributed by atoms with E-state index < -0.39 is 5.97 Å². The molecule has 0 radical (unpaired) electrons. The SMILES string of the molecule is COc1ccccc1CCC(=O)N1CCc2c(c(C(=O)O)nn2CC2CC2)C1. The molecule has 1 N–H and O–H groups in total. The highest BCUT2D eigenvalue weighted by atomic mass is 16.5. The van der Waals surface area contributed by atoms with Gasteiger partial charge >= 0.3 is 5.97 Å². The van der Waals surface area contributed by atoms with Crippen LogP contribution in [0.4, 0.5) is 0 Å². The molecule has 4 rings (SSSR count). The number of rotatable bonds is 7. The van der Waals surface area contributed by atoms with Crippen molar-refractivity contribution in [1.29, 1.82) is 0 Å². The van der Waals surface area contributed by atoms with Gasteiger partial charge in [0.05, 0.1) is 7.11 Å². The van der Waals surface area contributed by atoms with Crippen molar-refractivity contribution in [3.05, 3.63) is 46.8 Å². The van der Waals surface area contributed by atoms with Gasteiger partial charge in [-0.1, -0.05) is 18.2 Å². The van der Waals surface area contributed by atoms with Crippen LogP contribution in [0.1, 0.15) is 46.6 Å². The molecule has 2 aliphatic rings. The molecule has 2 aromatic rings. The van der Waals surface area contributed by atoms with Crippen LogP contribution < -0.4 is 4.74 Å². The number of carbonyl (C=O) groups excluding carboxylic acids is 1. The number of fused-ring (bicyclic) bond motifs is 1. The van der Waals surface area contributed by atoms with E-state index in [9.17, 15) is 14.7 Å². The Morgan fingerprint density at radius 3 is 2.79 bits per heavy atom. The van der Waals surface area contributed by atoms with Crippen LogP contribution in [0, 0.1) is 5.92 Å². The van der Waals surface area contributed by atoms with Gasteiger partial charge in [-0.3, -0.25) is 9.48 Å². The van der Waals surface area contributed by atoms with Crippen molar-refractivity contribution in [2.75, 3.05) is 13.7 Å². The summed E-state index contributed by atoms with van der Waals surface area (Å²) in [6.07, 6.45) is 3.99. The van der Waals surface area contributed by atoms with Crippen LogP contribution >= 0.6 is 0 Å². The van der Waals surface area contributed by atoms with Crippen LogP contribution in [-0.4, -0.2) is 45.3 Å². The van der Waals surface area contributed by atoms with E-state index in [1.165, 1.54) is 12.8 Å². The topological polar surface area (TPSA) is 84.7 Å². The molecular weight excluding hydrogens is 358 g/mol. The van der Waals surface area contributed by atoms with Gasteiger partial charge in [-0.2, -0.15) is 5.10 Å². The van der Waals surface area contributed by atoms with E-state index in [-0.39, 0.29) is 11.6 Å². The van der Waals surface area contributed by atoms with Crippen molar-refractivity contribution >= 4 is 11.9 Å². The summed E-state index contributed by atoms with van der Waals surface area (Å²) in [6.45, 7) is 1.72. The molecule has 1 fully saturated rings. The van der Waals surface area contributed by atoms with Crippen LogP contribution in [0.25, 0.3) is 0 Å². The first-order valence-electron chi connectivity index (χ1n) is 9.78. The smallest absolute Gasteiger partial charge is 0.356 e. The zero-order chi connectivity index (χ0) is 19.7. The van der Waals surface area contributed by atoms with Crippen LogP contribution in [-0.2, 0) is 30.7 Å². The van der Waals surface area contributed by atoms with Gasteiger partial charge in [0.1, 0.15) is 5.75 Å². The molecule has 1 aliphatic heterocycles. The number of carboxylic acids is 1. The molecular formula is C21H25N3O4. The van der Waals surface area contributed by atoms with Crippen molar-refractivity contribution in [2.45, 2.75) is 45.2 Å². The normalized spacial score (nSPS) is 16.0. The first-order valence-corrected chi connectivity index (χ1v) is 9.78. The van der Waals surface area contributed by atoms with E-state index >= 15 is 0 Å². The van der Waals surface area contributed by atoms with Gasteiger partial charge in [0.2, 0.25) is 5.91 Å². The number of aromatic carboxylic acids is 1. The molecule has 7 heteroatoms. The lowest BCUT2D eigenvalue weighted by Gasteiger charge is -2.28. The minimum absolute atomic E-state index is 0.0304. The van der Waals surface area contributed by atoms with Gasteiger partial charge < -0.3 is 14.7 Å². The van der Waals surface area contributed by atoms with Crippen LogP contribution in [0.2, 0.25) is 0 Å². The summed E-state index contributed by atoms with van der Waals surface area (Å²) in [7, 11) is 1.62. The van der Waals surface area contributed by atoms with E-state index in [1.807, 2.05) is 28.9 Å². The maximum atomic E-state index is 12.8. The monoisotopic (exact) mass is 383 g/mol. The van der Waals surface area contributed by atoms with Crippen LogP contribution in [0.3, 0.4) is 0 Å². The predicted octanol–water partition coefficient (Wildman–Crippen LogP) is 2.52. The van der Waals surface area contributed by atoms with Crippen molar-refractivity contribution in [1.82, 2.24) is 14.7 Å². The summed E-state index contributed by atoms with van der Waals surface area (Å²) in [6, 6.07) is 7.69. The third-order valence-corrected chi connectivity index (χ3v) is 5.62. The average molecular weight is 383 g/mol. The summed E-state index contributed by atoms with van der Waals surface area (Å²) in [5.41, 5.74) is 2.78. The zero-order valence-corrected chi connectivity index (χ0v) is 16.1. The number of aromatic nitrogens is 2. The lowest BCUT2D eigenvalue weighted by atomic mass is 10.0. The summed E-state index contributed by atoms with van der Waals surface area (Å²) in [4.78, 5) is 26.2. The van der Waals surface area contributed by atoms with Crippen molar-refractivity contribution < 1.29 is 19.4 Å². The van der Waals surface area contributed by atoms with Gasteiger partial charge in [-0.25, -0.2) is 4.79 Å². The number of methoxy groups -OCH3 is 1. The van der Waals surface area contributed by atoms with Crippen molar-refractivity contribution in [2.24, 2.45) is 5.92 Å². The Kier molecular flexibility index (Phi) is 5.07. The molecule has 148 valence electrons. The summed E-state index contributed by atoms with van der Waals surface area (Å²) < 4.78 is 7.22. The number of benzene rings is 1. The highest BCUT2D eigenvalue weighted by Crippen LogP contribution is 2.32. The van der Waals surface area contributed by atoms with Gasteiger partial charge in [0.15, 0.2) is 5.69 Å². The Hall–Kier alpha value is -2.83. The Labute approximate surface area is 163 Å². The molecule has 0 saturated heterocycles. The maximum Gasteiger partial charge on any atom is 0.356 e. The summed E-state index contributed by atoms with van der Waals surface area (Å²) >= 11 is 0. The first-order chi connectivity index (χ1) is 13.6. The second-order valence-electron chi connectivity index (χ2n) is 7.58. The average Bonchev–Trinajstić information content (AvgIpc) is 3.45. The molecule has 1 amide bonds. The number of carboxylic acid groups (broad SMARTS) is 1. The highest BCUT2D eigenvalue weighted by Gasteiger charge is 2.32. The molecule has 0 spiro atoms. The minimum Gasteiger partial charge on any atom is -0.496 e. The third-order valence-electron chi connectivity index (χ3n) is 5.62. The van der Waals surface area contributed by atoms with E-state index in [2.05, 4.69) is 5.10 Å². The second-order valence-corrected chi connectivity index (χ2v) is 7.58. The van der Waals surface area contributed by atoms with Crippen molar-refractivity contribution in [3.8, 4) is 5.75 Å². The first kappa shape index (κ1) is 18.5. The predicted molar refractivity (Wildman–Crippen MR) is 102 cm³/mol. The number of nitrogens with zero attached hydrogens (tertiary/aromatic N) is 3. The van der Waals surface area contributed by atoms with Gasteiger partial charge in [-0.05, 0) is 36.8 Å². The number of hydrogen-bond donors (Lipinski definition) is 1. The summed E-state index contributed by atoms with van der Waals surface area (Å²) in [5, 5.41) is 13.9. The van der Waals surface area contributed by atoms with Crippen molar-refractivity contribution in [3.63, 3.8) is 0 Å². The molecule has 0 atom stereocenters. The number of amides is 1. The fourth-order valence-electron chi connectivity index (χ4n) is 3.88. The van der Waals surface area contributed by atoms with E-state index in [0.29, 0.717) is 43.8 Å². The van der Waals surface area contributed by atoms with E-state index in [1.54, 1.807) is 12.0 Å². The fraction of sp³-hybridized carbons (Fsp3) is 0.476. The fourth-order valence-corrected chi connectivity index (χ4v) is 3.88. The molecule has 1 saturated carbocycles. The Bertz CT molecular complexity index is 901. The quantitative estimate of drug-likeness (QED) is 0.794. The lowest BCUT2D eigenvalue weighted by Crippen LogP contribution is -2.37.